The SMILES string of the molecule is CC1=C(C(N)=O)[C@@H](c2ccccc2)N=C(SCC(=O)Nc2ccc(C)c(Cl)c2)N1. The standard InChI is InChI=1S/C21H21ClN4O2S/c1-12-8-9-15(10-16(12)22)25-17(27)11-29-21-24-13(2)18(20(23)28)19(26-21)14-6-4-3-5-7-14/h3-10,19H,11H2,1-2H3,(H2,23,28)(H,24,26)(H,25,27)/t19-/m1/s1. The number of nitrogens with one attached hydrogen (secondary N) is 2. The van der Waals surface area contributed by atoms with E-state index in [0.29, 0.717) is 27.1 Å². The highest BCUT2D eigenvalue weighted by Gasteiger charge is 2.28. The number of thioether (sulfide) groups is 1. The minimum atomic E-state index is -0.523. The molecule has 2 aromatic rings. The smallest absolute Gasteiger partial charge is 0.248 e. The van der Waals surface area contributed by atoms with E-state index in [-0.39, 0.29) is 11.7 Å². The first kappa shape index (κ1) is 21.0. The van der Waals surface area contributed by atoms with Crippen molar-refractivity contribution in [2.45, 2.75) is 19.9 Å². The molecule has 0 radical (unpaired) electrons. The molecule has 8 heteroatoms. The van der Waals surface area contributed by atoms with Gasteiger partial charge in [-0.2, -0.15) is 0 Å². The summed E-state index contributed by atoms with van der Waals surface area (Å²) in [6.07, 6.45) is 0. The van der Waals surface area contributed by atoms with E-state index >= 15 is 0 Å². The van der Waals surface area contributed by atoms with E-state index in [9.17, 15) is 9.59 Å². The fourth-order valence-electron chi connectivity index (χ4n) is 2.92. The molecule has 29 heavy (non-hydrogen) atoms. The molecule has 0 saturated carbocycles. The number of hydrogen-bond donors (Lipinski definition) is 3. The zero-order chi connectivity index (χ0) is 21.0. The molecule has 0 aliphatic carbocycles. The van der Waals surface area contributed by atoms with Gasteiger partial charge in [0.05, 0.1) is 11.3 Å². The monoisotopic (exact) mass is 428 g/mol. The summed E-state index contributed by atoms with van der Waals surface area (Å²) in [7, 11) is 0. The predicted octanol–water partition coefficient (Wildman–Crippen LogP) is 3.78. The molecule has 0 unspecified atom stereocenters. The minimum Gasteiger partial charge on any atom is -0.366 e. The van der Waals surface area contributed by atoms with Crippen LogP contribution >= 0.6 is 23.4 Å². The lowest BCUT2D eigenvalue weighted by Crippen LogP contribution is -2.33. The summed E-state index contributed by atoms with van der Waals surface area (Å²) in [5.41, 5.74) is 9.07. The lowest BCUT2D eigenvalue weighted by Gasteiger charge is -2.25. The number of aliphatic imine (C=N–C) groups is 1. The van der Waals surface area contributed by atoms with Crippen molar-refractivity contribution in [3.05, 3.63) is 76.0 Å². The Labute approximate surface area is 178 Å². The molecule has 6 nitrogen and oxygen atoms in total. The van der Waals surface area contributed by atoms with Gasteiger partial charge in [-0.05, 0) is 37.1 Å². The average molecular weight is 429 g/mol. The fourth-order valence-corrected chi connectivity index (χ4v) is 3.84. The molecule has 0 fully saturated rings. The Kier molecular flexibility index (Phi) is 6.61. The second-order valence-corrected chi connectivity index (χ2v) is 7.95. The number of benzene rings is 2. The van der Waals surface area contributed by atoms with Crippen LogP contribution in [0.4, 0.5) is 5.69 Å². The number of aryl methyl sites for hydroxylation is 1. The first-order valence-corrected chi connectivity index (χ1v) is 10.3. The molecular weight excluding hydrogens is 408 g/mol. The molecule has 4 N–H and O–H groups in total. The third-order valence-corrected chi connectivity index (χ3v) is 5.69. The van der Waals surface area contributed by atoms with Gasteiger partial charge in [-0.25, -0.2) is 4.99 Å². The molecule has 3 rings (SSSR count). The maximum absolute atomic E-state index is 12.3. The first-order chi connectivity index (χ1) is 13.8. The van der Waals surface area contributed by atoms with E-state index in [0.717, 1.165) is 11.1 Å². The molecule has 1 aliphatic heterocycles. The molecule has 1 aliphatic rings. The van der Waals surface area contributed by atoms with Crippen LogP contribution in [0.5, 0.6) is 0 Å². The maximum atomic E-state index is 12.3. The third kappa shape index (κ3) is 5.19. The molecule has 150 valence electrons. The number of nitrogens with zero attached hydrogens (tertiary/aromatic N) is 1. The largest absolute Gasteiger partial charge is 0.366 e. The summed E-state index contributed by atoms with van der Waals surface area (Å²) in [5.74, 6) is -0.554. The van der Waals surface area contributed by atoms with E-state index in [2.05, 4.69) is 15.6 Å². The number of amides is 2. The summed E-state index contributed by atoms with van der Waals surface area (Å²) < 4.78 is 0. The average Bonchev–Trinajstić information content (AvgIpc) is 2.69. The van der Waals surface area contributed by atoms with Gasteiger partial charge in [0.1, 0.15) is 6.04 Å². The fraction of sp³-hybridized carbons (Fsp3) is 0.190. The van der Waals surface area contributed by atoms with Gasteiger partial charge in [0, 0.05) is 16.4 Å². The van der Waals surface area contributed by atoms with Gasteiger partial charge in [0.25, 0.3) is 0 Å². The van der Waals surface area contributed by atoms with Crippen LogP contribution in [0.25, 0.3) is 0 Å². The molecular formula is C21H21ClN4O2S. The maximum Gasteiger partial charge on any atom is 0.248 e. The lowest BCUT2D eigenvalue weighted by molar-refractivity contribution is -0.115. The number of anilines is 1. The molecule has 1 atom stereocenters. The van der Waals surface area contributed by atoms with E-state index in [1.54, 1.807) is 19.1 Å². The van der Waals surface area contributed by atoms with Gasteiger partial charge in [0.2, 0.25) is 11.8 Å². The highest BCUT2D eigenvalue weighted by molar-refractivity contribution is 8.14. The highest BCUT2D eigenvalue weighted by atomic mass is 35.5. The number of hydrogen-bond acceptors (Lipinski definition) is 5. The summed E-state index contributed by atoms with van der Waals surface area (Å²) in [6, 6.07) is 14.3. The van der Waals surface area contributed by atoms with Crippen LogP contribution in [0.1, 0.15) is 24.1 Å². The zero-order valence-corrected chi connectivity index (χ0v) is 17.6. The molecule has 2 amide bonds. The second-order valence-electron chi connectivity index (χ2n) is 6.58. The Hall–Kier alpha value is -2.77. The van der Waals surface area contributed by atoms with Crippen LogP contribution in [0, 0.1) is 6.92 Å². The van der Waals surface area contributed by atoms with Crippen molar-refractivity contribution in [3.63, 3.8) is 0 Å². The van der Waals surface area contributed by atoms with Gasteiger partial charge < -0.3 is 16.4 Å². The molecule has 0 spiro atoms. The predicted molar refractivity (Wildman–Crippen MR) is 119 cm³/mol. The van der Waals surface area contributed by atoms with Crippen LogP contribution in [0.2, 0.25) is 5.02 Å². The number of carbonyl (C=O) groups excluding carboxylic acids is 2. The van der Waals surface area contributed by atoms with Crippen LogP contribution in [-0.4, -0.2) is 22.7 Å². The Balaban J connectivity index is 1.71. The first-order valence-electron chi connectivity index (χ1n) is 8.94. The topological polar surface area (TPSA) is 96.6 Å². The van der Waals surface area contributed by atoms with Crippen LogP contribution in [-0.2, 0) is 9.59 Å². The van der Waals surface area contributed by atoms with E-state index in [1.807, 2.05) is 43.3 Å². The summed E-state index contributed by atoms with van der Waals surface area (Å²) in [4.78, 5) is 28.9. The molecule has 2 aromatic carbocycles. The van der Waals surface area contributed by atoms with Crippen molar-refractivity contribution in [2.24, 2.45) is 10.7 Å². The van der Waals surface area contributed by atoms with Crippen LogP contribution in [0.15, 0.2) is 64.8 Å². The van der Waals surface area contributed by atoms with Crippen molar-refractivity contribution in [2.75, 3.05) is 11.1 Å². The van der Waals surface area contributed by atoms with Gasteiger partial charge >= 0.3 is 0 Å². The number of nitrogens with two attached hydrogens (primary N) is 1. The van der Waals surface area contributed by atoms with Gasteiger partial charge in [-0.15, -0.1) is 0 Å². The number of allylic oxidation sites excluding steroid dienone is 1. The normalized spacial score (nSPS) is 16.1. The number of carbonyl (C=O) groups is 2. The Bertz CT molecular complexity index is 1000. The van der Waals surface area contributed by atoms with Crippen molar-refractivity contribution in [1.29, 1.82) is 0 Å². The van der Waals surface area contributed by atoms with E-state index in [1.165, 1.54) is 11.8 Å². The summed E-state index contributed by atoms with van der Waals surface area (Å²) in [6.45, 7) is 3.68. The Morgan fingerprint density at radius 2 is 1.93 bits per heavy atom. The molecule has 0 saturated heterocycles. The number of rotatable bonds is 5. The van der Waals surface area contributed by atoms with Crippen molar-refractivity contribution in [1.82, 2.24) is 5.32 Å². The third-order valence-electron chi connectivity index (χ3n) is 4.39. The van der Waals surface area contributed by atoms with E-state index in [4.69, 9.17) is 17.3 Å². The van der Waals surface area contributed by atoms with Crippen LogP contribution in [0.3, 0.4) is 0 Å². The quantitative estimate of drug-likeness (QED) is 0.675. The molecule has 0 aromatic heterocycles. The summed E-state index contributed by atoms with van der Waals surface area (Å²) >= 11 is 7.35. The number of primary amides is 1. The lowest BCUT2D eigenvalue weighted by atomic mass is 9.96. The van der Waals surface area contributed by atoms with Crippen molar-refractivity contribution in [3.8, 4) is 0 Å². The highest BCUT2D eigenvalue weighted by Crippen LogP contribution is 2.31. The number of amidine groups is 1. The summed E-state index contributed by atoms with van der Waals surface area (Å²) in [5, 5.41) is 7.04. The Morgan fingerprint density at radius 3 is 2.59 bits per heavy atom. The number of halogens is 1. The minimum absolute atomic E-state index is 0.151. The van der Waals surface area contributed by atoms with Crippen molar-refractivity contribution >= 4 is 46.0 Å². The van der Waals surface area contributed by atoms with Crippen molar-refractivity contribution < 1.29 is 9.59 Å². The van der Waals surface area contributed by atoms with Crippen LogP contribution < -0.4 is 16.4 Å². The zero-order valence-electron chi connectivity index (χ0n) is 16.0. The molecule has 1 heterocycles. The van der Waals surface area contributed by atoms with E-state index < -0.39 is 11.9 Å². The second kappa shape index (κ2) is 9.15. The molecule has 0 bridgehead atoms. The van der Waals surface area contributed by atoms with Gasteiger partial charge in [0.15, 0.2) is 5.17 Å². The van der Waals surface area contributed by atoms with Gasteiger partial charge in [-0.1, -0.05) is 59.8 Å². The Morgan fingerprint density at radius 1 is 1.21 bits per heavy atom. The van der Waals surface area contributed by atoms with Gasteiger partial charge in [-0.3, -0.25) is 9.59 Å².